The summed E-state index contributed by atoms with van der Waals surface area (Å²) in [7, 11) is 0. The van der Waals surface area contributed by atoms with Gasteiger partial charge in [0.05, 0.1) is 0 Å². The Morgan fingerprint density at radius 1 is 0.944 bits per heavy atom. The Hall–Kier alpha value is -1.87. The fourth-order valence-corrected chi connectivity index (χ4v) is 1.60. The van der Waals surface area contributed by atoms with Gasteiger partial charge in [-0.3, -0.25) is 0 Å². The first kappa shape index (κ1) is 12.6. The van der Waals surface area contributed by atoms with Gasteiger partial charge in [-0.1, -0.05) is 30.3 Å². The summed E-state index contributed by atoms with van der Waals surface area (Å²) in [6.45, 7) is 2.15. The number of ether oxygens (including phenoxy) is 1. The molecule has 3 heteroatoms. The summed E-state index contributed by atoms with van der Waals surface area (Å²) in [5, 5.41) is 3.28. The van der Waals surface area contributed by atoms with E-state index in [0.29, 0.717) is 12.4 Å². The molecule has 2 nitrogen and oxygen atoms in total. The van der Waals surface area contributed by atoms with Crippen LogP contribution in [0.2, 0.25) is 0 Å². The highest BCUT2D eigenvalue weighted by molar-refractivity contribution is 5.22. The van der Waals surface area contributed by atoms with Gasteiger partial charge in [0.1, 0.15) is 18.2 Å². The molecule has 18 heavy (non-hydrogen) atoms. The van der Waals surface area contributed by atoms with Gasteiger partial charge in [-0.05, 0) is 29.8 Å². The van der Waals surface area contributed by atoms with E-state index in [-0.39, 0.29) is 5.82 Å². The van der Waals surface area contributed by atoms with Crippen LogP contribution in [0.4, 0.5) is 4.39 Å². The van der Waals surface area contributed by atoms with Crippen molar-refractivity contribution in [1.82, 2.24) is 5.32 Å². The fourth-order valence-electron chi connectivity index (χ4n) is 1.60. The van der Waals surface area contributed by atoms with Crippen LogP contribution in [0, 0.1) is 5.82 Å². The van der Waals surface area contributed by atoms with Gasteiger partial charge in [-0.25, -0.2) is 4.39 Å². The maximum Gasteiger partial charge on any atom is 0.123 e. The molecule has 0 aromatic heterocycles. The topological polar surface area (TPSA) is 21.3 Å². The lowest BCUT2D eigenvalue weighted by Crippen LogP contribution is -2.20. The summed E-state index contributed by atoms with van der Waals surface area (Å²) >= 11 is 0. The molecule has 1 N–H and O–H groups in total. The third-order valence-electron chi connectivity index (χ3n) is 2.53. The summed E-state index contributed by atoms with van der Waals surface area (Å²) in [4.78, 5) is 0. The van der Waals surface area contributed by atoms with Crippen molar-refractivity contribution >= 4 is 0 Å². The van der Waals surface area contributed by atoms with Crippen molar-refractivity contribution in [2.75, 3.05) is 13.2 Å². The molecule has 0 aliphatic rings. The highest BCUT2D eigenvalue weighted by atomic mass is 19.1. The lowest BCUT2D eigenvalue weighted by Gasteiger charge is -2.07. The van der Waals surface area contributed by atoms with Gasteiger partial charge in [0.25, 0.3) is 0 Å². The number of rotatable bonds is 6. The van der Waals surface area contributed by atoms with Crippen LogP contribution in [0.25, 0.3) is 0 Å². The molecule has 0 amide bonds. The summed E-state index contributed by atoms with van der Waals surface area (Å²) in [5.41, 5.74) is 1.25. The lowest BCUT2D eigenvalue weighted by molar-refractivity contribution is 0.313. The van der Waals surface area contributed by atoms with Gasteiger partial charge in [0.15, 0.2) is 0 Å². The third-order valence-corrected chi connectivity index (χ3v) is 2.53. The molecule has 0 aliphatic carbocycles. The van der Waals surface area contributed by atoms with Crippen LogP contribution in [0.3, 0.4) is 0 Å². The predicted molar refractivity (Wildman–Crippen MR) is 70.0 cm³/mol. The largest absolute Gasteiger partial charge is 0.492 e. The van der Waals surface area contributed by atoms with Crippen LogP contribution in [-0.4, -0.2) is 13.2 Å². The first-order chi connectivity index (χ1) is 8.84. The number of halogens is 1. The lowest BCUT2D eigenvalue weighted by atomic mass is 10.2. The molecule has 0 unspecified atom stereocenters. The van der Waals surface area contributed by atoms with E-state index in [4.69, 9.17) is 4.74 Å². The SMILES string of the molecule is Fc1ccc(OCCNCc2ccccc2)cc1. The van der Waals surface area contributed by atoms with E-state index in [0.717, 1.165) is 13.1 Å². The zero-order chi connectivity index (χ0) is 12.6. The maximum absolute atomic E-state index is 12.6. The molecule has 0 saturated carbocycles. The van der Waals surface area contributed by atoms with E-state index in [2.05, 4.69) is 17.4 Å². The summed E-state index contributed by atoms with van der Waals surface area (Å²) in [6, 6.07) is 16.2. The number of nitrogens with one attached hydrogen (secondary N) is 1. The summed E-state index contributed by atoms with van der Waals surface area (Å²) in [6.07, 6.45) is 0. The van der Waals surface area contributed by atoms with E-state index < -0.39 is 0 Å². The van der Waals surface area contributed by atoms with Gasteiger partial charge in [0, 0.05) is 13.1 Å². The van der Waals surface area contributed by atoms with Crippen LogP contribution < -0.4 is 10.1 Å². The molecule has 2 rings (SSSR count). The zero-order valence-corrected chi connectivity index (χ0v) is 10.1. The molecule has 0 saturated heterocycles. The zero-order valence-electron chi connectivity index (χ0n) is 10.1. The van der Waals surface area contributed by atoms with Crippen molar-refractivity contribution in [1.29, 1.82) is 0 Å². The molecule has 0 aliphatic heterocycles. The Labute approximate surface area is 106 Å². The quantitative estimate of drug-likeness (QED) is 0.790. The van der Waals surface area contributed by atoms with Crippen molar-refractivity contribution < 1.29 is 9.13 Å². The predicted octanol–water partition coefficient (Wildman–Crippen LogP) is 2.99. The second-order valence-corrected chi connectivity index (χ2v) is 3.96. The minimum atomic E-state index is -0.246. The van der Waals surface area contributed by atoms with Gasteiger partial charge < -0.3 is 10.1 Å². The maximum atomic E-state index is 12.6. The van der Waals surface area contributed by atoms with Crippen molar-refractivity contribution in [2.24, 2.45) is 0 Å². The molecular formula is C15H16FNO. The minimum Gasteiger partial charge on any atom is -0.492 e. The molecule has 2 aromatic rings. The first-order valence-electron chi connectivity index (χ1n) is 5.97. The second kappa shape index (κ2) is 6.77. The molecule has 94 valence electrons. The van der Waals surface area contributed by atoms with Crippen LogP contribution in [0.5, 0.6) is 5.75 Å². The monoisotopic (exact) mass is 245 g/mol. The Kier molecular flexibility index (Phi) is 4.73. The molecule has 0 radical (unpaired) electrons. The highest BCUT2D eigenvalue weighted by Gasteiger charge is 1.95. The fraction of sp³-hybridized carbons (Fsp3) is 0.200. The number of benzene rings is 2. The van der Waals surface area contributed by atoms with E-state index in [1.807, 2.05) is 18.2 Å². The van der Waals surface area contributed by atoms with Gasteiger partial charge in [0.2, 0.25) is 0 Å². The van der Waals surface area contributed by atoms with Gasteiger partial charge >= 0.3 is 0 Å². The van der Waals surface area contributed by atoms with E-state index >= 15 is 0 Å². The molecule has 0 spiro atoms. The molecular weight excluding hydrogens is 229 g/mol. The third kappa shape index (κ3) is 4.18. The standard InChI is InChI=1S/C15H16FNO/c16-14-6-8-15(9-7-14)18-11-10-17-12-13-4-2-1-3-5-13/h1-9,17H,10-12H2. The Balaban J connectivity index is 1.63. The van der Waals surface area contributed by atoms with Gasteiger partial charge in [-0.2, -0.15) is 0 Å². The average Bonchev–Trinajstić information content (AvgIpc) is 2.42. The molecule has 0 fully saturated rings. The van der Waals surface area contributed by atoms with E-state index in [9.17, 15) is 4.39 Å². The van der Waals surface area contributed by atoms with Crippen LogP contribution in [-0.2, 0) is 6.54 Å². The molecule has 0 bridgehead atoms. The first-order valence-corrected chi connectivity index (χ1v) is 5.97. The molecule has 0 heterocycles. The van der Waals surface area contributed by atoms with Crippen LogP contribution >= 0.6 is 0 Å². The normalized spacial score (nSPS) is 10.3. The average molecular weight is 245 g/mol. The summed E-state index contributed by atoms with van der Waals surface area (Å²) in [5.74, 6) is 0.447. The Bertz CT molecular complexity index is 456. The Morgan fingerprint density at radius 2 is 1.67 bits per heavy atom. The molecule has 2 aromatic carbocycles. The van der Waals surface area contributed by atoms with Crippen molar-refractivity contribution in [2.45, 2.75) is 6.54 Å². The smallest absolute Gasteiger partial charge is 0.123 e. The number of hydrogen-bond acceptors (Lipinski definition) is 2. The van der Waals surface area contributed by atoms with Crippen LogP contribution in [0.15, 0.2) is 54.6 Å². The van der Waals surface area contributed by atoms with E-state index in [1.54, 1.807) is 12.1 Å². The van der Waals surface area contributed by atoms with Crippen molar-refractivity contribution in [3.05, 3.63) is 66.0 Å². The molecule has 0 atom stereocenters. The Morgan fingerprint density at radius 3 is 2.39 bits per heavy atom. The summed E-state index contributed by atoms with van der Waals surface area (Å²) < 4.78 is 18.1. The van der Waals surface area contributed by atoms with Crippen molar-refractivity contribution in [3.8, 4) is 5.75 Å². The number of hydrogen-bond donors (Lipinski definition) is 1. The second-order valence-electron chi connectivity index (χ2n) is 3.96. The minimum absolute atomic E-state index is 0.246. The highest BCUT2D eigenvalue weighted by Crippen LogP contribution is 2.10. The van der Waals surface area contributed by atoms with Gasteiger partial charge in [-0.15, -0.1) is 0 Å². The van der Waals surface area contributed by atoms with E-state index in [1.165, 1.54) is 17.7 Å². The van der Waals surface area contributed by atoms with Crippen LogP contribution in [0.1, 0.15) is 5.56 Å². The van der Waals surface area contributed by atoms with Crippen molar-refractivity contribution in [3.63, 3.8) is 0 Å².